The van der Waals surface area contributed by atoms with Gasteiger partial charge in [-0.2, -0.15) is 0 Å². The van der Waals surface area contributed by atoms with Gasteiger partial charge < -0.3 is 10.1 Å². The lowest BCUT2D eigenvalue weighted by molar-refractivity contribution is 0.334. The summed E-state index contributed by atoms with van der Waals surface area (Å²) in [7, 11) is 1.87. The average Bonchev–Trinajstić information content (AvgIpc) is 2.46. The number of ether oxygens (including phenoxy) is 1. The van der Waals surface area contributed by atoms with Gasteiger partial charge in [-0.25, -0.2) is 4.39 Å². The summed E-state index contributed by atoms with van der Waals surface area (Å²) in [5.41, 5.74) is 2.94. The van der Waals surface area contributed by atoms with Gasteiger partial charge in [-0.3, -0.25) is 0 Å². The van der Waals surface area contributed by atoms with Crippen LogP contribution in [0, 0.1) is 12.7 Å². The number of nitrogens with one attached hydrogen (secondary N) is 1. The van der Waals surface area contributed by atoms with Crippen LogP contribution < -0.4 is 10.1 Å². The molecule has 0 heterocycles. The van der Waals surface area contributed by atoms with Crippen molar-refractivity contribution in [3.8, 4) is 5.75 Å². The quantitative estimate of drug-likeness (QED) is 0.849. The third kappa shape index (κ3) is 3.63. The molecule has 1 N–H and O–H groups in total. The zero-order chi connectivity index (χ0) is 15.4. The molecule has 2 nitrogen and oxygen atoms in total. The second-order valence-corrected chi connectivity index (χ2v) is 5.75. The Bertz CT molecular complexity index is 630. The number of aryl methyl sites for hydroxylation is 1. The molecule has 2 rings (SSSR count). The van der Waals surface area contributed by atoms with Gasteiger partial charge in [-0.05, 0) is 62.4 Å². The van der Waals surface area contributed by atoms with Crippen LogP contribution in [0.3, 0.4) is 0 Å². The molecule has 4 heteroatoms. The first kappa shape index (κ1) is 16.0. The third-order valence-corrected chi connectivity index (χ3v) is 3.92. The molecule has 0 radical (unpaired) electrons. The lowest BCUT2D eigenvalue weighted by Gasteiger charge is -2.22. The normalized spacial score (nSPS) is 12.2. The lowest BCUT2D eigenvalue weighted by Crippen LogP contribution is -2.20. The van der Waals surface area contributed by atoms with E-state index in [-0.39, 0.29) is 11.9 Å². The smallest absolute Gasteiger partial charge is 0.124 e. The Hall–Kier alpha value is -1.39. The molecule has 0 saturated heterocycles. The maximum absolute atomic E-state index is 13.6. The largest absolute Gasteiger partial charge is 0.494 e. The summed E-state index contributed by atoms with van der Waals surface area (Å²) < 4.78 is 20.3. The number of rotatable bonds is 5. The van der Waals surface area contributed by atoms with Crippen molar-refractivity contribution in [1.82, 2.24) is 5.32 Å². The summed E-state index contributed by atoms with van der Waals surface area (Å²) in [4.78, 5) is 0. The Morgan fingerprint density at radius 2 is 1.95 bits per heavy atom. The molecule has 0 aliphatic carbocycles. The van der Waals surface area contributed by atoms with Gasteiger partial charge in [0.15, 0.2) is 0 Å². The molecule has 2 aromatic rings. The monoisotopic (exact) mass is 351 g/mol. The van der Waals surface area contributed by atoms with E-state index < -0.39 is 0 Å². The molecule has 0 amide bonds. The second-order valence-electron chi connectivity index (χ2n) is 4.84. The maximum atomic E-state index is 13.6. The second kappa shape index (κ2) is 7.05. The Morgan fingerprint density at radius 1 is 1.19 bits per heavy atom. The highest BCUT2D eigenvalue weighted by Gasteiger charge is 2.19. The van der Waals surface area contributed by atoms with Gasteiger partial charge in [-0.15, -0.1) is 0 Å². The zero-order valence-electron chi connectivity index (χ0n) is 12.4. The minimum absolute atomic E-state index is 0.125. The van der Waals surface area contributed by atoms with Crippen LogP contribution in [0.25, 0.3) is 0 Å². The van der Waals surface area contributed by atoms with Crippen LogP contribution in [-0.4, -0.2) is 13.7 Å². The third-order valence-electron chi connectivity index (χ3n) is 3.42. The van der Waals surface area contributed by atoms with E-state index in [4.69, 9.17) is 4.74 Å². The molecule has 0 aromatic heterocycles. The molecular formula is C17H19BrFNO. The Labute approximate surface area is 133 Å². The molecule has 2 aromatic carbocycles. The van der Waals surface area contributed by atoms with E-state index in [1.165, 1.54) is 6.07 Å². The Kier molecular flexibility index (Phi) is 5.37. The summed E-state index contributed by atoms with van der Waals surface area (Å²) in [6, 6.07) is 10.6. The van der Waals surface area contributed by atoms with Crippen LogP contribution in [0.4, 0.5) is 4.39 Å². The molecule has 112 valence electrons. The zero-order valence-corrected chi connectivity index (χ0v) is 14.0. The van der Waals surface area contributed by atoms with Crippen LogP contribution in [0.15, 0.2) is 40.9 Å². The summed E-state index contributed by atoms with van der Waals surface area (Å²) in [5, 5.41) is 3.26. The van der Waals surface area contributed by atoms with Crippen LogP contribution in [0.1, 0.15) is 29.7 Å². The van der Waals surface area contributed by atoms with Gasteiger partial charge in [0.1, 0.15) is 11.6 Å². The van der Waals surface area contributed by atoms with E-state index in [2.05, 4.69) is 21.2 Å². The predicted molar refractivity (Wildman–Crippen MR) is 87.4 cm³/mol. The van der Waals surface area contributed by atoms with E-state index in [9.17, 15) is 4.39 Å². The van der Waals surface area contributed by atoms with E-state index in [1.807, 2.05) is 39.1 Å². The summed E-state index contributed by atoms with van der Waals surface area (Å²) in [6.07, 6.45) is 0. The van der Waals surface area contributed by atoms with Gasteiger partial charge in [0.2, 0.25) is 0 Å². The summed E-state index contributed by atoms with van der Waals surface area (Å²) in [5.74, 6) is 0.576. The van der Waals surface area contributed by atoms with Crippen molar-refractivity contribution in [3.63, 3.8) is 0 Å². The Balaban J connectivity index is 2.55. The van der Waals surface area contributed by atoms with E-state index in [0.717, 1.165) is 26.9 Å². The highest BCUT2D eigenvalue weighted by Crippen LogP contribution is 2.34. The fourth-order valence-electron chi connectivity index (χ4n) is 2.43. The topological polar surface area (TPSA) is 21.3 Å². The van der Waals surface area contributed by atoms with Crippen molar-refractivity contribution in [2.45, 2.75) is 19.9 Å². The van der Waals surface area contributed by atoms with Crippen LogP contribution in [0.5, 0.6) is 5.75 Å². The van der Waals surface area contributed by atoms with Gasteiger partial charge in [0.25, 0.3) is 0 Å². The van der Waals surface area contributed by atoms with Crippen LogP contribution in [0.2, 0.25) is 0 Å². The molecule has 0 aliphatic heterocycles. The van der Waals surface area contributed by atoms with Crippen molar-refractivity contribution in [1.29, 1.82) is 0 Å². The van der Waals surface area contributed by atoms with Gasteiger partial charge in [0, 0.05) is 10.0 Å². The van der Waals surface area contributed by atoms with E-state index in [1.54, 1.807) is 12.1 Å². The Morgan fingerprint density at radius 3 is 2.62 bits per heavy atom. The van der Waals surface area contributed by atoms with Gasteiger partial charge in [0.05, 0.1) is 12.6 Å². The SMILES string of the molecule is CCOc1ccc(Br)cc1C(NC)c1cc(F)ccc1C. The summed E-state index contributed by atoms with van der Waals surface area (Å²) in [6.45, 7) is 4.53. The number of halogens is 2. The van der Waals surface area contributed by atoms with E-state index in [0.29, 0.717) is 6.61 Å². The molecule has 0 aliphatic rings. The molecule has 0 fully saturated rings. The standard InChI is InChI=1S/C17H19BrFNO/c1-4-21-16-8-6-12(18)9-15(16)17(20-3)14-10-13(19)7-5-11(14)2/h5-10,17,20H,4H2,1-3H3. The van der Waals surface area contributed by atoms with Crippen LogP contribution >= 0.6 is 15.9 Å². The summed E-state index contributed by atoms with van der Waals surface area (Å²) >= 11 is 3.49. The van der Waals surface area contributed by atoms with Gasteiger partial charge in [-0.1, -0.05) is 22.0 Å². The van der Waals surface area contributed by atoms with Crippen molar-refractivity contribution in [2.24, 2.45) is 0 Å². The predicted octanol–water partition coefficient (Wildman–Crippen LogP) is 4.60. The van der Waals surface area contributed by atoms with Crippen molar-refractivity contribution in [2.75, 3.05) is 13.7 Å². The van der Waals surface area contributed by atoms with Crippen molar-refractivity contribution >= 4 is 15.9 Å². The minimum Gasteiger partial charge on any atom is -0.494 e. The molecular weight excluding hydrogens is 333 g/mol. The molecule has 0 saturated carbocycles. The first-order valence-corrected chi connectivity index (χ1v) is 7.71. The lowest BCUT2D eigenvalue weighted by atomic mass is 9.94. The van der Waals surface area contributed by atoms with Crippen molar-refractivity contribution in [3.05, 3.63) is 63.4 Å². The average molecular weight is 352 g/mol. The molecule has 0 spiro atoms. The number of hydrogen-bond donors (Lipinski definition) is 1. The fourth-order valence-corrected chi connectivity index (χ4v) is 2.81. The number of benzene rings is 2. The van der Waals surface area contributed by atoms with Crippen LogP contribution in [-0.2, 0) is 0 Å². The maximum Gasteiger partial charge on any atom is 0.124 e. The highest BCUT2D eigenvalue weighted by molar-refractivity contribution is 9.10. The highest BCUT2D eigenvalue weighted by atomic mass is 79.9. The van der Waals surface area contributed by atoms with E-state index >= 15 is 0 Å². The first-order chi connectivity index (χ1) is 10.1. The molecule has 21 heavy (non-hydrogen) atoms. The minimum atomic E-state index is -0.233. The number of hydrogen-bond acceptors (Lipinski definition) is 2. The first-order valence-electron chi connectivity index (χ1n) is 6.92. The molecule has 0 bridgehead atoms. The van der Waals surface area contributed by atoms with Gasteiger partial charge >= 0.3 is 0 Å². The molecule has 1 unspecified atom stereocenters. The molecule has 1 atom stereocenters. The van der Waals surface area contributed by atoms with Crippen molar-refractivity contribution < 1.29 is 9.13 Å². The fraction of sp³-hybridized carbons (Fsp3) is 0.294.